The molecule has 0 radical (unpaired) electrons. The van der Waals surface area contributed by atoms with Gasteiger partial charge in [0.05, 0.1) is 16.6 Å². The second-order valence-electron chi connectivity index (χ2n) is 4.18. The van der Waals surface area contributed by atoms with E-state index in [1.807, 2.05) is 0 Å². The highest BCUT2D eigenvalue weighted by Crippen LogP contribution is 2.25. The molecule has 21 heavy (non-hydrogen) atoms. The Labute approximate surface area is 137 Å². The highest BCUT2D eigenvalue weighted by Gasteiger charge is 2.18. The lowest BCUT2D eigenvalue weighted by Crippen LogP contribution is -2.16. The number of hydrogen-bond acceptors (Lipinski definition) is 2. The maximum atomic E-state index is 13.8. The number of benzene rings is 2. The number of carbonyl (C=O) groups is 2. The summed E-state index contributed by atoms with van der Waals surface area (Å²) in [5.74, 6) is -1.38. The molecule has 0 aliphatic carbocycles. The number of carbonyl (C=O) groups excluding carboxylic acids is 2. The van der Waals surface area contributed by atoms with Gasteiger partial charge in [-0.2, -0.15) is 0 Å². The van der Waals surface area contributed by atoms with Crippen LogP contribution in [0.4, 0.5) is 10.1 Å². The molecule has 0 unspecified atom stereocenters. The van der Waals surface area contributed by atoms with Gasteiger partial charge in [0.2, 0.25) is 5.91 Å². The Morgan fingerprint density at radius 3 is 2.48 bits per heavy atom. The van der Waals surface area contributed by atoms with Crippen LogP contribution in [0, 0.1) is 5.82 Å². The molecular formula is C15H10Br2FNO2. The van der Waals surface area contributed by atoms with Crippen LogP contribution in [0.2, 0.25) is 0 Å². The predicted molar refractivity (Wildman–Crippen MR) is 86.4 cm³/mol. The van der Waals surface area contributed by atoms with Gasteiger partial charge in [0.25, 0.3) is 0 Å². The molecule has 0 aliphatic rings. The number of ketones is 1. The molecule has 3 nitrogen and oxygen atoms in total. The van der Waals surface area contributed by atoms with E-state index in [2.05, 4.69) is 37.2 Å². The quantitative estimate of drug-likeness (QED) is 0.603. The Bertz CT molecular complexity index is 704. The van der Waals surface area contributed by atoms with Gasteiger partial charge >= 0.3 is 0 Å². The van der Waals surface area contributed by atoms with Gasteiger partial charge in [-0.3, -0.25) is 9.59 Å². The molecule has 1 N–H and O–H groups in total. The maximum absolute atomic E-state index is 13.8. The van der Waals surface area contributed by atoms with Gasteiger partial charge in [0, 0.05) is 10.0 Å². The van der Waals surface area contributed by atoms with Gasteiger partial charge in [-0.05, 0) is 30.3 Å². The molecule has 108 valence electrons. The van der Waals surface area contributed by atoms with Gasteiger partial charge in [0.1, 0.15) is 5.82 Å². The molecule has 0 fully saturated rings. The third-order valence-corrected chi connectivity index (χ3v) is 3.74. The van der Waals surface area contributed by atoms with Crippen LogP contribution in [0.25, 0.3) is 0 Å². The van der Waals surface area contributed by atoms with Crippen LogP contribution in [-0.4, -0.2) is 17.0 Å². The number of nitrogens with one attached hydrogen (secondary N) is 1. The van der Waals surface area contributed by atoms with E-state index in [0.29, 0.717) is 10.2 Å². The zero-order valence-electron chi connectivity index (χ0n) is 10.7. The number of anilines is 1. The maximum Gasteiger partial charge on any atom is 0.235 e. The minimum atomic E-state index is -0.597. The Kier molecular flexibility index (Phi) is 5.25. The fourth-order valence-electron chi connectivity index (χ4n) is 1.79. The molecule has 0 aromatic heterocycles. The molecule has 0 bridgehead atoms. The van der Waals surface area contributed by atoms with Crippen molar-refractivity contribution in [3.8, 4) is 0 Å². The van der Waals surface area contributed by atoms with E-state index in [1.165, 1.54) is 18.2 Å². The third-order valence-electron chi connectivity index (χ3n) is 2.74. The Balaban J connectivity index is 2.47. The first-order valence-corrected chi connectivity index (χ1v) is 7.89. The van der Waals surface area contributed by atoms with Crippen LogP contribution in [0.3, 0.4) is 0 Å². The normalized spacial score (nSPS) is 10.2. The third kappa shape index (κ3) is 3.77. The molecule has 0 saturated heterocycles. The van der Waals surface area contributed by atoms with E-state index in [9.17, 15) is 14.0 Å². The van der Waals surface area contributed by atoms with Crippen LogP contribution in [0.15, 0.2) is 46.9 Å². The summed E-state index contributed by atoms with van der Waals surface area (Å²) in [5.41, 5.74) is 0.532. The Hall–Kier alpha value is -1.53. The highest BCUT2D eigenvalue weighted by atomic mass is 79.9. The summed E-state index contributed by atoms with van der Waals surface area (Å²) < 4.78 is 14.4. The first kappa shape index (κ1) is 15.9. The monoisotopic (exact) mass is 413 g/mol. The van der Waals surface area contributed by atoms with Crippen molar-refractivity contribution in [2.75, 3.05) is 10.6 Å². The summed E-state index contributed by atoms with van der Waals surface area (Å²) >= 11 is 6.31. The zero-order chi connectivity index (χ0) is 15.4. The summed E-state index contributed by atoms with van der Waals surface area (Å²) in [4.78, 5) is 24.0. The number of rotatable bonds is 4. The molecular weight excluding hydrogens is 405 g/mol. The summed E-state index contributed by atoms with van der Waals surface area (Å²) in [6, 6.07) is 10.6. The van der Waals surface area contributed by atoms with Crippen LogP contribution in [0.5, 0.6) is 0 Å². The molecule has 2 rings (SSSR count). The van der Waals surface area contributed by atoms with Crippen molar-refractivity contribution in [1.29, 1.82) is 0 Å². The summed E-state index contributed by atoms with van der Waals surface area (Å²) in [6.07, 6.45) is 0. The molecule has 1 amide bonds. The molecule has 0 aliphatic heterocycles. The van der Waals surface area contributed by atoms with E-state index >= 15 is 0 Å². The smallest absolute Gasteiger partial charge is 0.235 e. The lowest BCUT2D eigenvalue weighted by molar-refractivity contribution is -0.113. The molecule has 2 aromatic rings. The zero-order valence-corrected chi connectivity index (χ0v) is 13.9. The van der Waals surface area contributed by atoms with Crippen LogP contribution in [-0.2, 0) is 4.79 Å². The minimum absolute atomic E-state index is 0.0371. The van der Waals surface area contributed by atoms with Crippen molar-refractivity contribution in [2.24, 2.45) is 0 Å². The van der Waals surface area contributed by atoms with Gasteiger partial charge in [0.15, 0.2) is 5.78 Å². The van der Waals surface area contributed by atoms with E-state index in [0.717, 1.165) is 0 Å². The Morgan fingerprint density at radius 2 is 1.81 bits per heavy atom. The number of halogens is 3. The van der Waals surface area contributed by atoms with Crippen molar-refractivity contribution >= 4 is 49.2 Å². The van der Waals surface area contributed by atoms with Crippen LogP contribution >= 0.6 is 31.9 Å². The van der Waals surface area contributed by atoms with Crippen molar-refractivity contribution < 1.29 is 14.0 Å². The van der Waals surface area contributed by atoms with E-state index in [1.54, 1.807) is 24.3 Å². The van der Waals surface area contributed by atoms with Crippen LogP contribution in [0.1, 0.15) is 15.9 Å². The standard InChI is InChI=1S/C15H10Br2FNO2/c16-8-14(20)19-13-6-5-9(17)7-11(13)15(21)10-3-1-2-4-12(10)18/h1-7H,8H2,(H,19,20). The molecule has 0 atom stereocenters. The van der Waals surface area contributed by atoms with Crippen LogP contribution < -0.4 is 5.32 Å². The molecule has 0 spiro atoms. The number of alkyl halides is 1. The second kappa shape index (κ2) is 6.95. The van der Waals surface area contributed by atoms with Crippen molar-refractivity contribution in [2.45, 2.75) is 0 Å². The topological polar surface area (TPSA) is 46.2 Å². The average Bonchev–Trinajstić information content (AvgIpc) is 2.48. The molecule has 0 heterocycles. The Morgan fingerprint density at radius 1 is 1.10 bits per heavy atom. The number of amides is 1. The van der Waals surface area contributed by atoms with Crippen molar-refractivity contribution in [3.63, 3.8) is 0 Å². The average molecular weight is 415 g/mol. The van der Waals surface area contributed by atoms with E-state index in [4.69, 9.17) is 0 Å². The van der Waals surface area contributed by atoms with Gasteiger partial charge in [-0.1, -0.05) is 44.0 Å². The fourth-order valence-corrected chi connectivity index (χ4v) is 2.29. The van der Waals surface area contributed by atoms with Crippen molar-refractivity contribution in [3.05, 3.63) is 63.9 Å². The second-order valence-corrected chi connectivity index (χ2v) is 5.66. The van der Waals surface area contributed by atoms with E-state index < -0.39 is 11.6 Å². The molecule has 0 saturated carbocycles. The first-order valence-electron chi connectivity index (χ1n) is 5.97. The SMILES string of the molecule is O=C(CBr)Nc1ccc(Br)cc1C(=O)c1ccccc1F. The largest absolute Gasteiger partial charge is 0.325 e. The lowest BCUT2D eigenvalue weighted by Gasteiger charge is -2.11. The predicted octanol–water partition coefficient (Wildman–Crippen LogP) is 4.15. The molecule has 6 heteroatoms. The first-order chi connectivity index (χ1) is 10.0. The fraction of sp³-hybridized carbons (Fsp3) is 0.0667. The van der Waals surface area contributed by atoms with Crippen molar-refractivity contribution in [1.82, 2.24) is 0 Å². The van der Waals surface area contributed by atoms with E-state index in [-0.39, 0.29) is 22.4 Å². The minimum Gasteiger partial charge on any atom is -0.325 e. The van der Waals surface area contributed by atoms with Gasteiger partial charge in [-0.25, -0.2) is 4.39 Å². The highest BCUT2D eigenvalue weighted by molar-refractivity contribution is 9.10. The summed E-state index contributed by atoms with van der Waals surface area (Å²) in [6.45, 7) is 0. The summed E-state index contributed by atoms with van der Waals surface area (Å²) in [5, 5.41) is 2.72. The van der Waals surface area contributed by atoms with Gasteiger partial charge in [-0.15, -0.1) is 0 Å². The van der Waals surface area contributed by atoms with Gasteiger partial charge < -0.3 is 5.32 Å². The number of hydrogen-bond donors (Lipinski definition) is 1. The lowest BCUT2D eigenvalue weighted by atomic mass is 10.0. The summed E-state index contributed by atoms with van der Waals surface area (Å²) in [7, 11) is 0. The molecule has 2 aromatic carbocycles.